The van der Waals surface area contributed by atoms with Crippen LogP contribution in [0.4, 0.5) is 0 Å². The zero-order chi connectivity index (χ0) is 59.9. The molecule has 0 aliphatic heterocycles. The molecule has 0 spiro atoms. The van der Waals surface area contributed by atoms with Crippen molar-refractivity contribution in [2.45, 2.75) is 361 Å². The Balaban J connectivity index is 4.20. The van der Waals surface area contributed by atoms with Gasteiger partial charge in [-0.25, -0.2) is 0 Å². The number of rotatable bonds is 65. The molecule has 6 nitrogen and oxygen atoms in total. The summed E-state index contributed by atoms with van der Waals surface area (Å²) in [4.78, 5) is 38.3. The number of allylic oxidation sites excluding steroid dienone is 16. The summed E-state index contributed by atoms with van der Waals surface area (Å²) in [5, 5.41) is 0. The standard InChI is InChI=1S/C77H134O6/c1-4-7-10-13-16-19-22-24-26-28-30-32-34-35-36-37-38-39-40-41-42-43-44-46-47-49-51-53-55-58-61-64-67-70-76(79)82-73-74(72-81-75(78)69-66-63-60-57-21-18-15-12-9-6-3)83-77(80)71-68-65-62-59-56-54-52-50-48-45-33-31-29-27-25-23-20-17-14-11-8-5-2/h7,10,16,19,24,26,30,32,35-36,38-39,41-42,44,46,74H,4-6,8-9,11-15,17-18,20-23,25,27-29,31,33-34,37,40,43,45,47-73H2,1-3H3/b10-7-,19-16-,26-24-,32-30-,36-35-,39-38-,42-41-,46-44-. The third-order valence-corrected chi connectivity index (χ3v) is 15.6. The quantitative estimate of drug-likeness (QED) is 0.0261. The summed E-state index contributed by atoms with van der Waals surface area (Å²) in [6.45, 7) is 6.56. The minimum Gasteiger partial charge on any atom is -0.462 e. The molecule has 0 bridgehead atoms. The van der Waals surface area contributed by atoms with E-state index in [1.165, 1.54) is 199 Å². The molecule has 0 rings (SSSR count). The van der Waals surface area contributed by atoms with Crippen molar-refractivity contribution in [1.82, 2.24) is 0 Å². The Morgan fingerprint density at radius 3 is 0.735 bits per heavy atom. The number of esters is 3. The number of ether oxygens (including phenoxy) is 3. The summed E-state index contributed by atoms with van der Waals surface area (Å²) in [6.07, 6.45) is 95.9. The van der Waals surface area contributed by atoms with Gasteiger partial charge in [0.05, 0.1) is 0 Å². The molecular formula is C77H134O6. The van der Waals surface area contributed by atoms with Gasteiger partial charge in [-0.15, -0.1) is 0 Å². The van der Waals surface area contributed by atoms with Gasteiger partial charge in [0.25, 0.3) is 0 Å². The molecule has 1 atom stereocenters. The van der Waals surface area contributed by atoms with Gasteiger partial charge in [-0.1, -0.05) is 349 Å². The molecule has 0 aromatic rings. The van der Waals surface area contributed by atoms with E-state index in [1.54, 1.807) is 0 Å². The van der Waals surface area contributed by atoms with Crippen LogP contribution in [0.5, 0.6) is 0 Å². The molecule has 83 heavy (non-hydrogen) atoms. The second-order valence-electron chi connectivity index (χ2n) is 23.8. The Labute approximate surface area is 515 Å². The average Bonchev–Trinajstić information content (AvgIpc) is 3.49. The molecule has 0 heterocycles. The van der Waals surface area contributed by atoms with Gasteiger partial charge in [0.2, 0.25) is 0 Å². The number of hydrogen-bond acceptors (Lipinski definition) is 6. The van der Waals surface area contributed by atoms with Gasteiger partial charge in [0.1, 0.15) is 13.2 Å². The van der Waals surface area contributed by atoms with E-state index in [0.717, 1.165) is 116 Å². The summed E-state index contributed by atoms with van der Waals surface area (Å²) < 4.78 is 16.9. The predicted molar refractivity (Wildman–Crippen MR) is 362 cm³/mol. The Morgan fingerprint density at radius 1 is 0.253 bits per heavy atom. The zero-order valence-electron chi connectivity index (χ0n) is 54.9. The van der Waals surface area contributed by atoms with Gasteiger partial charge in [-0.05, 0) is 83.5 Å². The summed E-state index contributed by atoms with van der Waals surface area (Å²) in [5.41, 5.74) is 0. The van der Waals surface area contributed by atoms with Crippen molar-refractivity contribution in [2.24, 2.45) is 0 Å². The first-order valence-electron chi connectivity index (χ1n) is 35.7. The van der Waals surface area contributed by atoms with Crippen LogP contribution in [-0.2, 0) is 28.6 Å². The Hall–Kier alpha value is -3.67. The van der Waals surface area contributed by atoms with Crippen molar-refractivity contribution in [2.75, 3.05) is 13.2 Å². The number of hydrogen-bond donors (Lipinski definition) is 0. The van der Waals surface area contributed by atoms with Crippen molar-refractivity contribution in [3.05, 3.63) is 97.2 Å². The van der Waals surface area contributed by atoms with E-state index < -0.39 is 6.10 Å². The van der Waals surface area contributed by atoms with Crippen molar-refractivity contribution in [3.8, 4) is 0 Å². The highest BCUT2D eigenvalue weighted by molar-refractivity contribution is 5.71. The summed E-state index contributed by atoms with van der Waals surface area (Å²) in [7, 11) is 0. The Morgan fingerprint density at radius 2 is 0.470 bits per heavy atom. The van der Waals surface area contributed by atoms with Crippen LogP contribution in [-0.4, -0.2) is 37.2 Å². The normalized spacial score (nSPS) is 12.7. The van der Waals surface area contributed by atoms with E-state index in [-0.39, 0.29) is 31.1 Å². The van der Waals surface area contributed by atoms with Crippen LogP contribution >= 0.6 is 0 Å². The molecule has 0 amide bonds. The van der Waals surface area contributed by atoms with Crippen LogP contribution in [0.25, 0.3) is 0 Å². The van der Waals surface area contributed by atoms with Gasteiger partial charge < -0.3 is 14.2 Å². The van der Waals surface area contributed by atoms with Crippen molar-refractivity contribution < 1.29 is 28.6 Å². The van der Waals surface area contributed by atoms with Gasteiger partial charge >= 0.3 is 17.9 Å². The second kappa shape index (κ2) is 70.8. The highest BCUT2D eigenvalue weighted by Gasteiger charge is 2.19. The topological polar surface area (TPSA) is 78.9 Å². The van der Waals surface area contributed by atoms with E-state index in [9.17, 15) is 14.4 Å². The van der Waals surface area contributed by atoms with Crippen LogP contribution in [0.3, 0.4) is 0 Å². The van der Waals surface area contributed by atoms with Gasteiger partial charge in [-0.3, -0.25) is 14.4 Å². The first-order valence-corrected chi connectivity index (χ1v) is 35.7. The van der Waals surface area contributed by atoms with Crippen molar-refractivity contribution in [1.29, 1.82) is 0 Å². The van der Waals surface area contributed by atoms with E-state index in [1.807, 2.05) is 0 Å². The molecule has 0 fully saturated rings. The summed E-state index contributed by atoms with van der Waals surface area (Å²) in [6, 6.07) is 0. The fourth-order valence-corrected chi connectivity index (χ4v) is 10.3. The Bertz CT molecular complexity index is 1610. The van der Waals surface area contributed by atoms with Gasteiger partial charge in [-0.2, -0.15) is 0 Å². The maximum Gasteiger partial charge on any atom is 0.306 e. The summed E-state index contributed by atoms with van der Waals surface area (Å²) >= 11 is 0. The first kappa shape index (κ1) is 79.3. The predicted octanol–water partition coefficient (Wildman–Crippen LogP) is 24.8. The Kier molecular flexibility index (Phi) is 67.7. The van der Waals surface area contributed by atoms with Crippen LogP contribution in [0.2, 0.25) is 0 Å². The molecule has 0 aliphatic rings. The lowest BCUT2D eigenvalue weighted by Gasteiger charge is -2.18. The number of carbonyl (C=O) groups excluding carboxylic acids is 3. The van der Waals surface area contributed by atoms with Gasteiger partial charge in [0.15, 0.2) is 6.10 Å². The molecule has 0 aliphatic carbocycles. The molecule has 0 aromatic carbocycles. The van der Waals surface area contributed by atoms with Crippen molar-refractivity contribution >= 4 is 17.9 Å². The lowest BCUT2D eigenvalue weighted by atomic mass is 10.0. The van der Waals surface area contributed by atoms with Gasteiger partial charge in [0, 0.05) is 19.3 Å². The summed E-state index contributed by atoms with van der Waals surface area (Å²) in [5.74, 6) is -0.866. The maximum atomic E-state index is 12.9. The van der Waals surface area contributed by atoms with Crippen LogP contribution in [0, 0.1) is 0 Å². The van der Waals surface area contributed by atoms with E-state index in [2.05, 4.69) is 118 Å². The molecule has 478 valence electrons. The fourth-order valence-electron chi connectivity index (χ4n) is 10.3. The first-order chi connectivity index (χ1) is 41.0. The van der Waals surface area contributed by atoms with Crippen LogP contribution < -0.4 is 0 Å². The van der Waals surface area contributed by atoms with E-state index in [4.69, 9.17) is 14.2 Å². The minimum absolute atomic E-state index is 0.0745. The number of unbranched alkanes of at least 4 members (excludes halogenated alkanes) is 38. The monoisotopic (exact) mass is 1160 g/mol. The molecule has 6 heteroatoms. The lowest BCUT2D eigenvalue weighted by molar-refractivity contribution is -0.167. The molecule has 0 N–H and O–H groups in total. The highest BCUT2D eigenvalue weighted by Crippen LogP contribution is 2.18. The van der Waals surface area contributed by atoms with E-state index in [0.29, 0.717) is 19.3 Å². The minimum atomic E-state index is -0.778. The van der Waals surface area contributed by atoms with Crippen LogP contribution in [0.1, 0.15) is 355 Å². The molecule has 0 saturated heterocycles. The number of carbonyl (C=O) groups is 3. The van der Waals surface area contributed by atoms with Crippen LogP contribution in [0.15, 0.2) is 97.2 Å². The average molecular weight is 1160 g/mol. The second-order valence-corrected chi connectivity index (χ2v) is 23.8. The molecule has 1 unspecified atom stereocenters. The van der Waals surface area contributed by atoms with Crippen molar-refractivity contribution in [3.63, 3.8) is 0 Å². The molecule has 0 radical (unpaired) electrons. The molecule has 0 saturated carbocycles. The lowest BCUT2D eigenvalue weighted by Crippen LogP contribution is -2.30. The molecule has 0 aromatic heterocycles. The smallest absolute Gasteiger partial charge is 0.306 e. The fraction of sp³-hybridized carbons (Fsp3) is 0.753. The third kappa shape index (κ3) is 69.0. The SMILES string of the molecule is CC/C=C\C/C=C\C/C=C\C/C=C\C/C=C\C/C=C\C/C=C\C/C=C\CCCCCCCCCCC(=O)OCC(COC(=O)CCCCCCCCCCCC)OC(=O)CCCCCCCCCCCCCCCCCCCCCCCC. The zero-order valence-corrected chi connectivity index (χ0v) is 54.9. The highest BCUT2D eigenvalue weighted by atomic mass is 16.6. The largest absolute Gasteiger partial charge is 0.462 e. The van der Waals surface area contributed by atoms with E-state index >= 15 is 0 Å². The molecular weight excluding hydrogens is 1020 g/mol. The third-order valence-electron chi connectivity index (χ3n) is 15.6. The maximum absolute atomic E-state index is 12.9.